The van der Waals surface area contributed by atoms with Gasteiger partial charge in [-0.25, -0.2) is 4.79 Å². The van der Waals surface area contributed by atoms with Crippen molar-refractivity contribution in [3.05, 3.63) is 24.3 Å². The lowest BCUT2D eigenvalue weighted by Gasteiger charge is -2.09. The highest BCUT2D eigenvalue weighted by Gasteiger charge is 2.03. The molecule has 0 atom stereocenters. The smallest absolute Gasteiger partial charge is 0.413 e. The van der Waals surface area contributed by atoms with Gasteiger partial charge >= 0.3 is 6.09 Å². The van der Waals surface area contributed by atoms with Crippen molar-refractivity contribution in [3.63, 3.8) is 0 Å². The van der Waals surface area contributed by atoms with Gasteiger partial charge in [-0.1, -0.05) is 0 Å². The van der Waals surface area contributed by atoms with Crippen molar-refractivity contribution < 1.29 is 14.3 Å². The summed E-state index contributed by atoms with van der Waals surface area (Å²) < 4.78 is 9.71. The number of rotatable bonds is 3. The summed E-state index contributed by atoms with van der Waals surface area (Å²) in [7, 11) is 1.27. The van der Waals surface area contributed by atoms with Gasteiger partial charge in [0.15, 0.2) is 5.11 Å². The van der Waals surface area contributed by atoms with E-state index >= 15 is 0 Å². The van der Waals surface area contributed by atoms with E-state index in [-0.39, 0.29) is 5.11 Å². The van der Waals surface area contributed by atoms with E-state index < -0.39 is 6.09 Å². The molecular formula is C11H14N2O3S. The number of anilines is 1. The highest BCUT2D eigenvalue weighted by atomic mass is 32.1. The summed E-state index contributed by atoms with van der Waals surface area (Å²) in [4.78, 5) is 10.9. The number of nitrogens with one attached hydrogen (secondary N) is 2. The van der Waals surface area contributed by atoms with Gasteiger partial charge in [-0.2, -0.15) is 0 Å². The number of ether oxygens (including phenoxy) is 2. The van der Waals surface area contributed by atoms with Crippen LogP contribution in [-0.2, 0) is 4.74 Å². The molecule has 0 unspecified atom stereocenters. The zero-order valence-corrected chi connectivity index (χ0v) is 10.5. The van der Waals surface area contributed by atoms with E-state index in [4.69, 9.17) is 17.0 Å². The summed E-state index contributed by atoms with van der Waals surface area (Å²) in [6, 6.07) is 7.23. The second kappa shape index (κ2) is 6.70. The fourth-order valence-electron chi connectivity index (χ4n) is 1.11. The summed E-state index contributed by atoms with van der Waals surface area (Å²) in [6.07, 6.45) is -0.603. The van der Waals surface area contributed by atoms with E-state index in [9.17, 15) is 4.79 Å². The number of hydrogen-bond acceptors (Lipinski definition) is 4. The normalized spacial score (nSPS) is 9.29. The number of carbonyl (C=O) groups is 1. The largest absolute Gasteiger partial charge is 0.494 e. The summed E-state index contributed by atoms with van der Waals surface area (Å²) in [6.45, 7) is 2.54. The number of thiocarbonyl (C=S) groups is 1. The van der Waals surface area contributed by atoms with Crippen molar-refractivity contribution >= 4 is 29.1 Å². The maximum Gasteiger partial charge on any atom is 0.413 e. The van der Waals surface area contributed by atoms with E-state index in [0.717, 1.165) is 11.4 Å². The van der Waals surface area contributed by atoms with E-state index in [0.29, 0.717) is 6.61 Å². The van der Waals surface area contributed by atoms with Crippen LogP contribution in [0.2, 0.25) is 0 Å². The summed E-state index contributed by atoms with van der Waals surface area (Å²) in [5.74, 6) is 0.782. The highest BCUT2D eigenvalue weighted by molar-refractivity contribution is 7.80. The molecule has 0 aliphatic rings. The minimum atomic E-state index is -0.603. The first-order chi connectivity index (χ1) is 8.15. The predicted octanol–water partition coefficient (Wildman–Crippen LogP) is 2.14. The van der Waals surface area contributed by atoms with Gasteiger partial charge in [0.05, 0.1) is 13.7 Å². The van der Waals surface area contributed by atoms with Gasteiger partial charge < -0.3 is 14.8 Å². The maximum atomic E-state index is 10.9. The average molecular weight is 254 g/mol. The number of amides is 1. The van der Waals surface area contributed by atoms with Crippen LogP contribution in [-0.4, -0.2) is 24.9 Å². The number of benzene rings is 1. The van der Waals surface area contributed by atoms with Gasteiger partial charge in [0.1, 0.15) is 5.75 Å². The number of carbonyl (C=O) groups excluding carboxylic acids is 1. The Bertz CT molecular complexity index is 392. The zero-order valence-electron chi connectivity index (χ0n) is 9.65. The predicted molar refractivity (Wildman–Crippen MR) is 69.4 cm³/mol. The number of methoxy groups -OCH3 is 1. The molecule has 0 bridgehead atoms. The van der Waals surface area contributed by atoms with Crippen molar-refractivity contribution in [3.8, 4) is 5.75 Å². The van der Waals surface area contributed by atoms with Crippen LogP contribution in [0.4, 0.5) is 10.5 Å². The Morgan fingerprint density at radius 3 is 2.53 bits per heavy atom. The summed E-state index contributed by atoms with van der Waals surface area (Å²) in [5.41, 5.74) is 0.759. The van der Waals surface area contributed by atoms with Crippen molar-refractivity contribution in [2.75, 3.05) is 19.0 Å². The molecule has 0 heterocycles. The van der Waals surface area contributed by atoms with E-state index in [2.05, 4.69) is 15.4 Å². The molecule has 92 valence electrons. The van der Waals surface area contributed by atoms with Crippen molar-refractivity contribution in [2.45, 2.75) is 6.92 Å². The first kappa shape index (κ1) is 13.2. The van der Waals surface area contributed by atoms with Gasteiger partial charge in [0.2, 0.25) is 0 Å². The Kier molecular flexibility index (Phi) is 5.22. The van der Waals surface area contributed by atoms with Crippen LogP contribution in [0.25, 0.3) is 0 Å². The zero-order chi connectivity index (χ0) is 12.7. The van der Waals surface area contributed by atoms with Crippen molar-refractivity contribution in [1.82, 2.24) is 5.32 Å². The monoisotopic (exact) mass is 254 g/mol. The lowest BCUT2D eigenvalue weighted by molar-refractivity contribution is 0.177. The molecule has 1 amide bonds. The third-order valence-electron chi connectivity index (χ3n) is 1.82. The molecule has 0 aliphatic heterocycles. The molecule has 1 aromatic carbocycles. The Balaban J connectivity index is 2.51. The lowest BCUT2D eigenvalue weighted by atomic mass is 10.3. The van der Waals surface area contributed by atoms with Crippen LogP contribution in [0, 0.1) is 0 Å². The van der Waals surface area contributed by atoms with Crippen LogP contribution in [0.15, 0.2) is 24.3 Å². The molecule has 17 heavy (non-hydrogen) atoms. The molecule has 1 rings (SSSR count). The first-order valence-corrected chi connectivity index (χ1v) is 5.45. The third kappa shape index (κ3) is 4.69. The highest BCUT2D eigenvalue weighted by Crippen LogP contribution is 2.15. The standard InChI is InChI=1S/C11H14N2O3S/c1-3-16-9-6-4-8(5-7-9)12-10(17)13-11(14)15-2/h4-7H,3H2,1-2H3,(H2,12,13,14,17). The molecular weight excluding hydrogens is 240 g/mol. The van der Waals surface area contributed by atoms with Gasteiger partial charge in [-0.05, 0) is 43.4 Å². The summed E-state index contributed by atoms with van der Waals surface area (Å²) >= 11 is 4.91. The molecule has 0 fully saturated rings. The van der Waals surface area contributed by atoms with Crippen molar-refractivity contribution in [1.29, 1.82) is 0 Å². The van der Waals surface area contributed by atoms with Crippen LogP contribution in [0.1, 0.15) is 6.92 Å². The van der Waals surface area contributed by atoms with Crippen molar-refractivity contribution in [2.24, 2.45) is 0 Å². The molecule has 2 N–H and O–H groups in total. The molecule has 0 saturated heterocycles. The van der Waals surface area contributed by atoms with E-state index in [1.807, 2.05) is 19.1 Å². The van der Waals surface area contributed by atoms with Gasteiger partial charge in [-0.3, -0.25) is 5.32 Å². The van der Waals surface area contributed by atoms with E-state index in [1.54, 1.807) is 12.1 Å². The second-order valence-electron chi connectivity index (χ2n) is 3.03. The van der Waals surface area contributed by atoms with Gasteiger partial charge in [0.25, 0.3) is 0 Å². The third-order valence-corrected chi connectivity index (χ3v) is 2.03. The minimum absolute atomic E-state index is 0.181. The first-order valence-electron chi connectivity index (χ1n) is 5.04. The average Bonchev–Trinajstić information content (AvgIpc) is 2.31. The molecule has 0 spiro atoms. The fourth-order valence-corrected chi connectivity index (χ4v) is 1.31. The van der Waals surface area contributed by atoms with Crippen LogP contribution < -0.4 is 15.4 Å². The number of alkyl carbamates (subject to hydrolysis) is 1. The Hall–Kier alpha value is -1.82. The SMILES string of the molecule is CCOc1ccc(NC(=S)NC(=O)OC)cc1. The molecule has 0 aromatic heterocycles. The topological polar surface area (TPSA) is 59.6 Å². The number of hydrogen-bond donors (Lipinski definition) is 2. The molecule has 1 aromatic rings. The molecule has 0 saturated carbocycles. The van der Waals surface area contributed by atoms with Crippen LogP contribution >= 0.6 is 12.2 Å². The Labute approximate surface area is 105 Å². The van der Waals surface area contributed by atoms with Crippen LogP contribution in [0.5, 0.6) is 5.75 Å². The molecule has 0 radical (unpaired) electrons. The maximum absolute atomic E-state index is 10.9. The van der Waals surface area contributed by atoms with Gasteiger partial charge in [-0.15, -0.1) is 0 Å². The Morgan fingerprint density at radius 1 is 1.35 bits per heavy atom. The minimum Gasteiger partial charge on any atom is -0.494 e. The van der Waals surface area contributed by atoms with Gasteiger partial charge in [0, 0.05) is 5.69 Å². The van der Waals surface area contributed by atoms with Crippen LogP contribution in [0.3, 0.4) is 0 Å². The fraction of sp³-hybridized carbons (Fsp3) is 0.273. The Morgan fingerprint density at radius 2 is 2.00 bits per heavy atom. The molecule has 6 heteroatoms. The molecule has 5 nitrogen and oxygen atoms in total. The quantitative estimate of drug-likeness (QED) is 0.809. The lowest BCUT2D eigenvalue weighted by Crippen LogP contribution is -2.33. The second-order valence-corrected chi connectivity index (χ2v) is 3.44. The molecule has 0 aliphatic carbocycles. The summed E-state index contributed by atoms with van der Waals surface area (Å²) in [5, 5.41) is 5.37. The van der Waals surface area contributed by atoms with E-state index in [1.165, 1.54) is 7.11 Å².